The van der Waals surface area contributed by atoms with Gasteiger partial charge in [0.1, 0.15) is 5.82 Å². The summed E-state index contributed by atoms with van der Waals surface area (Å²) in [5.74, 6) is 1.29. The topological polar surface area (TPSA) is 49.8 Å². The number of hydrogen-bond donors (Lipinski definition) is 2. The second-order valence-electron chi connectivity index (χ2n) is 5.86. The Balaban J connectivity index is 0.00000210. The lowest BCUT2D eigenvalue weighted by atomic mass is 10.2. The molecule has 0 saturated carbocycles. The van der Waals surface area contributed by atoms with Gasteiger partial charge in [-0.3, -0.25) is 0 Å². The Morgan fingerprint density at radius 3 is 2.30 bits per heavy atom. The van der Waals surface area contributed by atoms with Gasteiger partial charge in [-0.2, -0.15) is 4.98 Å². The van der Waals surface area contributed by atoms with Crippen molar-refractivity contribution in [2.75, 3.05) is 10.6 Å². The first-order valence-electron chi connectivity index (χ1n) is 8.36. The summed E-state index contributed by atoms with van der Waals surface area (Å²) >= 11 is 6.24. The molecule has 0 unspecified atom stereocenters. The maximum atomic E-state index is 6.24. The SMILES string of the molecule is Clc1ccccc1Nc1nc(NCc2ccccc2)c2ccccc2n1.[Cl-]. The minimum absolute atomic E-state index is 0. The van der Waals surface area contributed by atoms with Crippen LogP contribution in [0.5, 0.6) is 0 Å². The average molecular weight is 396 g/mol. The Morgan fingerprint density at radius 1 is 0.778 bits per heavy atom. The number of anilines is 3. The molecule has 136 valence electrons. The molecule has 0 atom stereocenters. The molecule has 0 aliphatic heterocycles. The smallest absolute Gasteiger partial charge is 0.229 e. The van der Waals surface area contributed by atoms with Gasteiger partial charge >= 0.3 is 0 Å². The van der Waals surface area contributed by atoms with E-state index < -0.39 is 0 Å². The van der Waals surface area contributed by atoms with Crippen molar-refractivity contribution in [2.45, 2.75) is 6.54 Å². The molecule has 4 aromatic rings. The monoisotopic (exact) mass is 395 g/mol. The van der Waals surface area contributed by atoms with Crippen LogP contribution >= 0.6 is 11.6 Å². The van der Waals surface area contributed by atoms with Gasteiger partial charge in [0.15, 0.2) is 0 Å². The number of nitrogens with one attached hydrogen (secondary N) is 2. The van der Waals surface area contributed by atoms with Gasteiger partial charge in [-0.15, -0.1) is 0 Å². The van der Waals surface area contributed by atoms with Crippen LogP contribution in [0.1, 0.15) is 5.56 Å². The zero-order chi connectivity index (χ0) is 17.8. The highest BCUT2D eigenvalue weighted by Gasteiger charge is 2.09. The van der Waals surface area contributed by atoms with Crippen LogP contribution in [-0.2, 0) is 6.54 Å². The van der Waals surface area contributed by atoms with Crippen molar-refractivity contribution in [3.63, 3.8) is 0 Å². The number of para-hydroxylation sites is 2. The lowest BCUT2D eigenvalue weighted by Gasteiger charge is -2.12. The normalized spacial score (nSPS) is 10.3. The molecule has 3 aromatic carbocycles. The third-order valence-electron chi connectivity index (χ3n) is 4.03. The minimum atomic E-state index is 0. The summed E-state index contributed by atoms with van der Waals surface area (Å²) in [7, 11) is 0. The molecule has 1 heterocycles. The molecule has 4 nitrogen and oxygen atoms in total. The highest BCUT2D eigenvalue weighted by atomic mass is 35.5. The average Bonchev–Trinajstić information content (AvgIpc) is 2.69. The zero-order valence-electron chi connectivity index (χ0n) is 14.4. The number of nitrogens with zero attached hydrogens (tertiary/aromatic N) is 2. The molecule has 0 aliphatic carbocycles. The fourth-order valence-electron chi connectivity index (χ4n) is 2.73. The molecular formula is C21H17Cl2N4-. The Labute approximate surface area is 169 Å². The van der Waals surface area contributed by atoms with Crippen molar-refractivity contribution in [1.82, 2.24) is 9.97 Å². The summed E-state index contributed by atoms with van der Waals surface area (Å²) in [6.07, 6.45) is 0. The van der Waals surface area contributed by atoms with E-state index in [1.54, 1.807) is 0 Å². The van der Waals surface area contributed by atoms with E-state index in [0.29, 0.717) is 17.5 Å². The van der Waals surface area contributed by atoms with Crippen molar-refractivity contribution < 1.29 is 12.4 Å². The number of hydrogen-bond acceptors (Lipinski definition) is 4. The van der Waals surface area contributed by atoms with E-state index >= 15 is 0 Å². The standard InChI is InChI=1S/C21H17ClN4.ClH/c22-17-11-5-7-13-19(17)25-21-24-18-12-6-4-10-16(18)20(26-21)23-14-15-8-2-1-3-9-15;/h1-13H,14H2,(H2,23,24,25,26);1H/p-1. The van der Waals surface area contributed by atoms with Gasteiger partial charge in [0.25, 0.3) is 0 Å². The third-order valence-corrected chi connectivity index (χ3v) is 4.36. The fourth-order valence-corrected chi connectivity index (χ4v) is 2.91. The lowest BCUT2D eigenvalue weighted by molar-refractivity contribution is -0.00000515. The molecular weight excluding hydrogens is 379 g/mol. The van der Waals surface area contributed by atoms with Crippen LogP contribution in [0.3, 0.4) is 0 Å². The highest BCUT2D eigenvalue weighted by molar-refractivity contribution is 6.33. The number of benzene rings is 3. The Morgan fingerprint density at radius 2 is 1.48 bits per heavy atom. The predicted molar refractivity (Wildman–Crippen MR) is 108 cm³/mol. The molecule has 0 radical (unpaired) electrons. The van der Waals surface area contributed by atoms with Crippen LogP contribution in [0.15, 0.2) is 78.9 Å². The van der Waals surface area contributed by atoms with E-state index in [-0.39, 0.29) is 12.4 Å². The number of fused-ring (bicyclic) bond motifs is 1. The Hall–Kier alpha value is -2.82. The van der Waals surface area contributed by atoms with Crippen LogP contribution in [0.2, 0.25) is 5.02 Å². The van der Waals surface area contributed by atoms with Gasteiger partial charge < -0.3 is 23.0 Å². The quantitative estimate of drug-likeness (QED) is 0.545. The maximum absolute atomic E-state index is 6.24. The van der Waals surface area contributed by atoms with Crippen LogP contribution in [-0.4, -0.2) is 9.97 Å². The maximum Gasteiger partial charge on any atom is 0.229 e. The molecule has 6 heteroatoms. The Bertz CT molecular complexity index is 1040. The second-order valence-corrected chi connectivity index (χ2v) is 6.26. The largest absolute Gasteiger partial charge is 1.00 e. The fraction of sp³-hybridized carbons (Fsp3) is 0.0476. The number of halogens is 2. The summed E-state index contributed by atoms with van der Waals surface area (Å²) in [6, 6.07) is 25.7. The van der Waals surface area contributed by atoms with Crippen LogP contribution < -0.4 is 23.0 Å². The molecule has 0 bridgehead atoms. The summed E-state index contributed by atoms with van der Waals surface area (Å²) in [5.41, 5.74) is 2.84. The van der Waals surface area contributed by atoms with E-state index in [4.69, 9.17) is 11.6 Å². The molecule has 2 N–H and O–H groups in total. The van der Waals surface area contributed by atoms with Gasteiger partial charge in [0.05, 0.1) is 16.2 Å². The highest BCUT2D eigenvalue weighted by Crippen LogP contribution is 2.27. The van der Waals surface area contributed by atoms with Crippen molar-refractivity contribution >= 4 is 40.0 Å². The van der Waals surface area contributed by atoms with Gasteiger partial charge in [-0.1, -0.05) is 66.2 Å². The molecule has 0 spiro atoms. The van der Waals surface area contributed by atoms with Gasteiger partial charge in [-0.25, -0.2) is 4.98 Å². The predicted octanol–water partition coefficient (Wildman–Crippen LogP) is 2.64. The minimum Gasteiger partial charge on any atom is -1.00 e. The van der Waals surface area contributed by atoms with E-state index in [9.17, 15) is 0 Å². The number of rotatable bonds is 5. The Kier molecular flexibility index (Phi) is 6.12. The molecule has 0 amide bonds. The molecule has 1 aromatic heterocycles. The van der Waals surface area contributed by atoms with Gasteiger partial charge in [0.2, 0.25) is 5.95 Å². The van der Waals surface area contributed by atoms with Crippen molar-refractivity contribution in [2.24, 2.45) is 0 Å². The van der Waals surface area contributed by atoms with Crippen LogP contribution in [0.25, 0.3) is 10.9 Å². The van der Waals surface area contributed by atoms with E-state index in [1.807, 2.05) is 66.7 Å². The van der Waals surface area contributed by atoms with Crippen LogP contribution in [0.4, 0.5) is 17.5 Å². The summed E-state index contributed by atoms with van der Waals surface area (Å²) in [6.45, 7) is 0.688. The molecule has 27 heavy (non-hydrogen) atoms. The molecule has 0 aliphatic rings. The molecule has 4 rings (SSSR count). The van der Waals surface area contributed by atoms with Gasteiger partial charge in [-0.05, 0) is 29.8 Å². The van der Waals surface area contributed by atoms with Gasteiger partial charge in [0, 0.05) is 11.9 Å². The van der Waals surface area contributed by atoms with Crippen molar-refractivity contribution in [3.8, 4) is 0 Å². The summed E-state index contributed by atoms with van der Waals surface area (Å²) in [4.78, 5) is 9.27. The van der Waals surface area contributed by atoms with Crippen molar-refractivity contribution in [1.29, 1.82) is 0 Å². The van der Waals surface area contributed by atoms with Crippen LogP contribution in [0, 0.1) is 0 Å². The van der Waals surface area contributed by atoms with Crippen molar-refractivity contribution in [3.05, 3.63) is 89.4 Å². The first-order chi connectivity index (χ1) is 12.8. The first-order valence-corrected chi connectivity index (χ1v) is 8.73. The summed E-state index contributed by atoms with van der Waals surface area (Å²) < 4.78 is 0. The molecule has 0 saturated heterocycles. The molecule has 0 fully saturated rings. The lowest BCUT2D eigenvalue weighted by Crippen LogP contribution is -3.00. The third kappa shape index (κ3) is 4.48. The number of aromatic nitrogens is 2. The van der Waals surface area contributed by atoms with E-state index in [1.165, 1.54) is 5.56 Å². The van der Waals surface area contributed by atoms with E-state index in [0.717, 1.165) is 22.4 Å². The van der Waals surface area contributed by atoms with E-state index in [2.05, 4.69) is 32.7 Å². The summed E-state index contributed by atoms with van der Waals surface area (Å²) in [5, 5.41) is 8.24. The zero-order valence-corrected chi connectivity index (χ0v) is 15.9. The second kappa shape index (κ2) is 8.71. The first kappa shape index (κ1) is 19.0.